The molecular formula is C16H21NO2. The van der Waals surface area contributed by atoms with E-state index in [1.165, 1.54) is 24.0 Å². The molecule has 1 aromatic rings. The summed E-state index contributed by atoms with van der Waals surface area (Å²) in [6.45, 7) is 5.74. The summed E-state index contributed by atoms with van der Waals surface area (Å²) >= 11 is 0. The van der Waals surface area contributed by atoms with Crippen LogP contribution in [0.3, 0.4) is 0 Å². The highest BCUT2D eigenvalue weighted by molar-refractivity contribution is 5.45. The molecule has 4 rings (SSSR count). The molecule has 2 fully saturated rings. The lowest BCUT2D eigenvalue weighted by Crippen LogP contribution is -2.39. The highest BCUT2D eigenvalue weighted by Gasteiger charge is 2.45. The molecule has 2 heterocycles. The first-order valence-corrected chi connectivity index (χ1v) is 7.35. The van der Waals surface area contributed by atoms with Gasteiger partial charge in [0.15, 0.2) is 0 Å². The Bertz CT molecular complexity index is 498. The van der Waals surface area contributed by atoms with Crippen LogP contribution in [0.2, 0.25) is 0 Å². The molecule has 2 aliphatic heterocycles. The van der Waals surface area contributed by atoms with Gasteiger partial charge in [0, 0.05) is 24.6 Å². The van der Waals surface area contributed by atoms with E-state index in [4.69, 9.17) is 9.47 Å². The van der Waals surface area contributed by atoms with Crippen LogP contribution in [0.5, 0.6) is 5.75 Å². The predicted octanol–water partition coefficient (Wildman–Crippen LogP) is 2.45. The summed E-state index contributed by atoms with van der Waals surface area (Å²) in [5, 5.41) is 3.46. The van der Waals surface area contributed by atoms with E-state index in [0.717, 1.165) is 31.4 Å². The molecule has 0 bridgehead atoms. The topological polar surface area (TPSA) is 30.5 Å². The largest absolute Gasteiger partial charge is 0.493 e. The van der Waals surface area contributed by atoms with Crippen LogP contribution < -0.4 is 10.1 Å². The number of hydrogen-bond donors (Lipinski definition) is 1. The minimum atomic E-state index is -0.0396. The molecule has 0 aromatic heterocycles. The number of ether oxygens (including phenoxy) is 2. The molecule has 0 amide bonds. The zero-order valence-corrected chi connectivity index (χ0v) is 11.4. The summed E-state index contributed by atoms with van der Waals surface area (Å²) in [6.07, 6.45) is 2.66. The van der Waals surface area contributed by atoms with Gasteiger partial charge in [0.05, 0.1) is 18.8 Å². The van der Waals surface area contributed by atoms with Crippen LogP contribution in [0.1, 0.15) is 36.8 Å². The van der Waals surface area contributed by atoms with E-state index < -0.39 is 0 Å². The third-order valence-corrected chi connectivity index (χ3v) is 4.82. The monoisotopic (exact) mass is 259 g/mol. The lowest BCUT2D eigenvalue weighted by atomic mass is 9.81. The van der Waals surface area contributed by atoms with Crippen molar-refractivity contribution in [3.8, 4) is 5.75 Å². The van der Waals surface area contributed by atoms with Crippen molar-refractivity contribution in [3.05, 3.63) is 29.3 Å². The van der Waals surface area contributed by atoms with Gasteiger partial charge in [-0.15, -0.1) is 0 Å². The molecule has 1 aliphatic carbocycles. The lowest BCUT2D eigenvalue weighted by molar-refractivity contribution is -0.0527. The van der Waals surface area contributed by atoms with Crippen molar-refractivity contribution < 1.29 is 9.47 Å². The molecule has 0 radical (unpaired) electrons. The van der Waals surface area contributed by atoms with Crippen molar-refractivity contribution in [2.45, 2.75) is 37.9 Å². The quantitative estimate of drug-likeness (QED) is 0.904. The highest BCUT2D eigenvalue weighted by Crippen LogP contribution is 2.44. The van der Waals surface area contributed by atoms with Gasteiger partial charge in [-0.3, -0.25) is 0 Å². The minimum absolute atomic E-state index is 0.0396. The van der Waals surface area contributed by atoms with Crippen LogP contribution in [0.15, 0.2) is 18.2 Å². The fourth-order valence-electron chi connectivity index (χ4n) is 3.32. The van der Waals surface area contributed by atoms with Gasteiger partial charge in [-0.05, 0) is 37.3 Å². The van der Waals surface area contributed by atoms with Crippen LogP contribution in [0.4, 0.5) is 0 Å². The first kappa shape index (κ1) is 11.7. The maximum absolute atomic E-state index is 6.14. The van der Waals surface area contributed by atoms with E-state index in [9.17, 15) is 0 Å². The van der Waals surface area contributed by atoms with Gasteiger partial charge in [-0.2, -0.15) is 0 Å². The molecule has 1 saturated carbocycles. The van der Waals surface area contributed by atoms with Gasteiger partial charge < -0.3 is 14.8 Å². The Hall–Kier alpha value is -1.06. The molecule has 0 unspecified atom stereocenters. The summed E-state index contributed by atoms with van der Waals surface area (Å²) in [4.78, 5) is 0. The number of rotatable bonds is 3. The van der Waals surface area contributed by atoms with E-state index in [0.29, 0.717) is 12.5 Å². The normalized spacial score (nSPS) is 32.8. The smallest absolute Gasteiger partial charge is 0.125 e. The fourth-order valence-corrected chi connectivity index (χ4v) is 3.32. The van der Waals surface area contributed by atoms with Crippen molar-refractivity contribution in [1.82, 2.24) is 5.32 Å². The Kier molecular flexibility index (Phi) is 2.61. The third kappa shape index (κ3) is 1.96. The third-order valence-electron chi connectivity index (χ3n) is 4.82. The van der Waals surface area contributed by atoms with E-state index in [1.807, 2.05) is 0 Å². The Morgan fingerprint density at radius 1 is 1.42 bits per heavy atom. The summed E-state index contributed by atoms with van der Waals surface area (Å²) < 4.78 is 12.1. The molecule has 3 nitrogen and oxygen atoms in total. The molecule has 3 aliphatic rings. The molecule has 1 N–H and O–H groups in total. The van der Waals surface area contributed by atoms with Crippen LogP contribution >= 0.6 is 0 Å². The number of benzene rings is 1. The zero-order chi connectivity index (χ0) is 12.9. The maximum Gasteiger partial charge on any atom is 0.125 e. The van der Waals surface area contributed by atoms with Crippen molar-refractivity contribution in [3.63, 3.8) is 0 Å². The minimum Gasteiger partial charge on any atom is -0.493 e. The molecule has 102 valence electrons. The van der Waals surface area contributed by atoms with Gasteiger partial charge in [0.25, 0.3) is 0 Å². The second-order valence-electron chi connectivity index (χ2n) is 6.36. The molecule has 1 aromatic carbocycles. The van der Waals surface area contributed by atoms with Gasteiger partial charge in [-0.25, -0.2) is 0 Å². The summed E-state index contributed by atoms with van der Waals surface area (Å²) in [6, 6.07) is 6.47. The molecule has 0 spiro atoms. The van der Waals surface area contributed by atoms with E-state index in [1.54, 1.807) is 0 Å². The standard InChI is InChI=1S/C16H21NO2/c1-16-10-17-7-14(16)12-3-2-4-15(13(12)9-19-16)18-8-11-5-6-11/h2-4,11,14,17H,5-10H2,1H3/t14-,16-/m0/s1. The Balaban J connectivity index is 1.65. The summed E-state index contributed by atoms with van der Waals surface area (Å²) in [7, 11) is 0. The second-order valence-corrected chi connectivity index (χ2v) is 6.36. The summed E-state index contributed by atoms with van der Waals surface area (Å²) in [5.41, 5.74) is 2.66. The molecule has 19 heavy (non-hydrogen) atoms. The molecule has 1 saturated heterocycles. The van der Waals surface area contributed by atoms with Crippen molar-refractivity contribution in [1.29, 1.82) is 0 Å². The van der Waals surface area contributed by atoms with Gasteiger partial charge in [0.1, 0.15) is 5.75 Å². The first-order valence-electron chi connectivity index (χ1n) is 7.35. The molecular weight excluding hydrogens is 238 g/mol. The number of hydrogen-bond acceptors (Lipinski definition) is 3. The molecule has 2 atom stereocenters. The lowest BCUT2D eigenvalue weighted by Gasteiger charge is -2.37. The fraction of sp³-hybridized carbons (Fsp3) is 0.625. The number of nitrogens with one attached hydrogen (secondary N) is 1. The highest BCUT2D eigenvalue weighted by atomic mass is 16.5. The van der Waals surface area contributed by atoms with E-state index in [-0.39, 0.29) is 5.60 Å². The first-order chi connectivity index (χ1) is 9.26. The number of fused-ring (bicyclic) bond motifs is 3. The van der Waals surface area contributed by atoms with Crippen LogP contribution in [0, 0.1) is 5.92 Å². The second kappa shape index (κ2) is 4.22. The predicted molar refractivity (Wildman–Crippen MR) is 73.5 cm³/mol. The average molecular weight is 259 g/mol. The zero-order valence-electron chi connectivity index (χ0n) is 11.4. The maximum atomic E-state index is 6.14. The molecule has 3 heteroatoms. The van der Waals surface area contributed by atoms with Crippen molar-refractivity contribution in [2.24, 2.45) is 5.92 Å². The van der Waals surface area contributed by atoms with Crippen LogP contribution in [-0.2, 0) is 11.3 Å². The van der Waals surface area contributed by atoms with Gasteiger partial charge >= 0.3 is 0 Å². The summed E-state index contributed by atoms with van der Waals surface area (Å²) in [5.74, 6) is 2.29. The SMILES string of the molecule is C[C@]12CNC[C@H]1c1cccc(OCC3CC3)c1CO2. The van der Waals surface area contributed by atoms with E-state index >= 15 is 0 Å². The van der Waals surface area contributed by atoms with Crippen molar-refractivity contribution >= 4 is 0 Å². The Labute approximate surface area is 114 Å². The average Bonchev–Trinajstić information content (AvgIpc) is 3.16. The van der Waals surface area contributed by atoms with Gasteiger partial charge in [0.2, 0.25) is 0 Å². The Morgan fingerprint density at radius 3 is 3.16 bits per heavy atom. The van der Waals surface area contributed by atoms with Crippen molar-refractivity contribution in [2.75, 3.05) is 19.7 Å². The van der Waals surface area contributed by atoms with Crippen LogP contribution in [-0.4, -0.2) is 25.3 Å². The van der Waals surface area contributed by atoms with E-state index in [2.05, 4.69) is 30.4 Å². The van der Waals surface area contributed by atoms with Gasteiger partial charge in [-0.1, -0.05) is 12.1 Å². The van der Waals surface area contributed by atoms with Crippen LogP contribution in [0.25, 0.3) is 0 Å². The Morgan fingerprint density at radius 2 is 2.32 bits per heavy atom.